The second-order valence-corrected chi connectivity index (χ2v) is 3.09. The molecular formula is C12H18N. The monoisotopic (exact) mass is 176 g/mol. The van der Waals surface area contributed by atoms with Gasteiger partial charge in [-0.3, -0.25) is 0 Å². The first-order valence-corrected chi connectivity index (χ1v) is 4.98. The molecule has 1 rings (SSSR count). The molecule has 0 bridgehead atoms. The van der Waals surface area contributed by atoms with Crippen LogP contribution in [0.5, 0.6) is 0 Å². The van der Waals surface area contributed by atoms with Gasteiger partial charge in [-0.1, -0.05) is 32.0 Å². The van der Waals surface area contributed by atoms with Crippen LogP contribution in [0.2, 0.25) is 0 Å². The number of aryl methyl sites for hydroxylation is 2. The Hall–Kier alpha value is -0.980. The quantitative estimate of drug-likeness (QED) is 0.741. The fourth-order valence-corrected chi connectivity index (χ4v) is 1.57. The highest BCUT2D eigenvalue weighted by molar-refractivity contribution is 5.58. The molecule has 0 amide bonds. The van der Waals surface area contributed by atoms with Crippen molar-refractivity contribution in [2.75, 3.05) is 5.32 Å². The van der Waals surface area contributed by atoms with Crippen molar-refractivity contribution in [2.45, 2.75) is 33.6 Å². The first-order valence-electron chi connectivity index (χ1n) is 4.98. The van der Waals surface area contributed by atoms with Crippen molar-refractivity contribution in [3.63, 3.8) is 0 Å². The number of hydrogen-bond donors (Lipinski definition) is 1. The van der Waals surface area contributed by atoms with Crippen LogP contribution in [0.25, 0.3) is 0 Å². The predicted octanol–water partition coefficient (Wildman–Crippen LogP) is 3.40. The number of hydrogen-bond acceptors (Lipinski definition) is 1. The molecule has 0 heterocycles. The Balaban J connectivity index is 3.05. The third-order valence-corrected chi connectivity index (χ3v) is 2.29. The van der Waals surface area contributed by atoms with Crippen LogP contribution in [0.4, 0.5) is 5.69 Å². The molecular weight excluding hydrogens is 158 g/mol. The molecule has 1 radical (unpaired) electrons. The van der Waals surface area contributed by atoms with Crippen LogP contribution in [-0.4, -0.2) is 0 Å². The third-order valence-electron chi connectivity index (χ3n) is 2.29. The lowest BCUT2D eigenvalue weighted by Crippen LogP contribution is -2.00. The summed E-state index contributed by atoms with van der Waals surface area (Å²) in [5.41, 5.74) is 4.10. The Morgan fingerprint density at radius 1 is 1.15 bits per heavy atom. The van der Waals surface area contributed by atoms with Gasteiger partial charge in [0.2, 0.25) is 0 Å². The molecule has 1 nitrogen and oxygen atoms in total. The minimum absolute atomic E-state index is 1.09. The predicted molar refractivity (Wildman–Crippen MR) is 58.8 cm³/mol. The van der Waals surface area contributed by atoms with E-state index in [1.165, 1.54) is 16.8 Å². The van der Waals surface area contributed by atoms with Gasteiger partial charge in [0.1, 0.15) is 0 Å². The van der Waals surface area contributed by atoms with Crippen LogP contribution in [0.1, 0.15) is 31.9 Å². The van der Waals surface area contributed by atoms with Crippen molar-refractivity contribution >= 4 is 5.69 Å². The Labute approximate surface area is 81.2 Å². The fraction of sp³-hybridized carbons (Fsp3) is 0.417. The summed E-state index contributed by atoms with van der Waals surface area (Å²) in [6.07, 6.45) is 2.17. The summed E-state index contributed by atoms with van der Waals surface area (Å²) < 4.78 is 0. The number of benzene rings is 1. The highest BCUT2D eigenvalue weighted by atomic mass is 14.9. The maximum Gasteiger partial charge on any atom is 0.0432 e. The van der Waals surface area contributed by atoms with E-state index in [9.17, 15) is 0 Å². The maximum absolute atomic E-state index is 3.32. The molecule has 71 valence electrons. The van der Waals surface area contributed by atoms with E-state index < -0.39 is 0 Å². The van der Waals surface area contributed by atoms with E-state index in [0.717, 1.165) is 12.8 Å². The molecule has 0 aliphatic carbocycles. The first-order chi connectivity index (χ1) is 6.33. The Morgan fingerprint density at radius 2 is 1.69 bits per heavy atom. The molecule has 0 unspecified atom stereocenters. The summed E-state index contributed by atoms with van der Waals surface area (Å²) in [6.45, 7) is 8.39. The average Bonchev–Trinajstić information content (AvgIpc) is 2.18. The van der Waals surface area contributed by atoms with Crippen LogP contribution in [0.3, 0.4) is 0 Å². The lowest BCUT2D eigenvalue weighted by molar-refractivity contribution is 1.08. The summed E-state index contributed by atoms with van der Waals surface area (Å²) >= 11 is 0. The zero-order valence-electron chi connectivity index (χ0n) is 8.72. The number of nitrogens with one attached hydrogen (secondary N) is 1. The van der Waals surface area contributed by atoms with Crippen molar-refractivity contribution < 1.29 is 0 Å². The van der Waals surface area contributed by atoms with Gasteiger partial charge in [-0.25, -0.2) is 0 Å². The van der Waals surface area contributed by atoms with E-state index in [-0.39, 0.29) is 0 Å². The Morgan fingerprint density at radius 3 is 2.08 bits per heavy atom. The van der Waals surface area contributed by atoms with E-state index in [1.807, 2.05) is 13.5 Å². The summed E-state index contributed by atoms with van der Waals surface area (Å²) in [6, 6.07) is 6.51. The summed E-state index contributed by atoms with van der Waals surface area (Å²) in [5.74, 6) is 0. The molecule has 0 fully saturated rings. The van der Waals surface area contributed by atoms with Crippen LogP contribution in [0.15, 0.2) is 18.2 Å². The average molecular weight is 176 g/mol. The normalized spacial score (nSPS) is 10.1. The second kappa shape index (κ2) is 4.90. The van der Waals surface area contributed by atoms with Crippen molar-refractivity contribution in [2.24, 2.45) is 0 Å². The van der Waals surface area contributed by atoms with E-state index in [2.05, 4.69) is 37.4 Å². The molecule has 0 aromatic heterocycles. The first kappa shape index (κ1) is 10.1. The minimum atomic E-state index is 1.09. The standard InChI is InChI=1S/C12H18N/c1-4-10-8-7-9-11(5-2)12(10)13-6-3/h6-9,13H,4-5H2,1-3H3. The van der Waals surface area contributed by atoms with Gasteiger partial charge >= 0.3 is 0 Å². The number of para-hydroxylation sites is 1. The SMILES string of the molecule is C[CH]Nc1c(CC)cccc1CC. The molecule has 0 saturated heterocycles. The van der Waals surface area contributed by atoms with Gasteiger partial charge in [0.05, 0.1) is 0 Å². The van der Waals surface area contributed by atoms with Gasteiger partial charge in [0.15, 0.2) is 0 Å². The lowest BCUT2D eigenvalue weighted by atomic mass is 10.0. The molecule has 0 saturated carbocycles. The highest BCUT2D eigenvalue weighted by Crippen LogP contribution is 2.22. The molecule has 0 aliphatic heterocycles. The summed E-state index contributed by atoms with van der Waals surface area (Å²) in [5, 5.41) is 3.32. The van der Waals surface area contributed by atoms with Crippen LogP contribution in [0, 0.1) is 6.54 Å². The van der Waals surface area contributed by atoms with E-state index in [0.29, 0.717) is 0 Å². The Kier molecular flexibility index (Phi) is 3.81. The number of anilines is 1. The van der Waals surface area contributed by atoms with Crippen LogP contribution in [-0.2, 0) is 12.8 Å². The highest BCUT2D eigenvalue weighted by Gasteiger charge is 2.03. The van der Waals surface area contributed by atoms with Crippen molar-refractivity contribution in [3.05, 3.63) is 35.9 Å². The van der Waals surface area contributed by atoms with Crippen molar-refractivity contribution in [1.29, 1.82) is 0 Å². The van der Waals surface area contributed by atoms with Gasteiger partial charge in [-0.05, 0) is 30.9 Å². The largest absolute Gasteiger partial charge is 0.380 e. The van der Waals surface area contributed by atoms with E-state index in [4.69, 9.17) is 0 Å². The molecule has 1 N–H and O–H groups in total. The van der Waals surface area contributed by atoms with Gasteiger partial charge < -0.3 is 5.32 Å². The van der Waals surface area contributed by atoms with E-state index >= 15 is 0 Å². The number of rotatable bonds is 4. The van der Waals surface area contributed by atoms with Gasteiger partial charge in [0.25, 0.3) is 0 Å². The summed E-state index contributed by atoms with van der Waals surface area (Å²) in [4.78, 5) is 0. The topological polar surface area (TPSA) is 12.0 Å². The van der Waals surface area contributed by atoms with Crippen LogP contribution < -0.4 is 5.32 Å². The van der Waals surface area contributed by atoms with E-state index in [1.54, 1.807) is 0 Å². The second-order valence-electron chi connectivity index (χ2n) is 3.09. The maximum atomic E-state index is 3.32. The minimum Gasteiger partial charge on any atom is -0.380 e. The molecule has 1 heteroatoms. The smallest absolute Gasteiger partial charge is 0.0432 e. The molecule has 0 atom stereocenters. The van der Waals surface area contributed by atoms with Crippen molar-refractivity contribution in [1.82, 2.24) is 0 Å². The van der Waals surface area contributed by atoms with Crippen LogP contribution >= 0.6 is 0 Å². The summed E-state index contributed by atoms with van der Waals surface area (Å²) in [7, 11) is 0. The molecule has 0 aliphatic rings. The molecule has 0 spiro atoms. The molecule has 1 aromatic carbocycles. The Bertz CT molecular complexity index is 244. The third kappa shape index (κ3) is 2.24. The zero-order chi connectivity index (χ0) is 9.68. The molecule has 13 heavy (non-hydrogen) atoms. The van der Waals surface area contributed by atoms with Gasteiger partial charge in [-0.2, -0.15) is 0 Å². The van der Waals surface area contributed by atoms with Gasteiger partial charge in [-0.15, -0.1) is 0 Å². The van der Waals surface area contributed by atoms with Crippen molar-refractivity contribution in [3.8, 4) is 0 Å². The fourth-order valence-electron chi connectivity index (χ4n) is 1.57. The van der Waals surface area contributed by atoms with Gasteiger partial charge in [0, 0.05) is 12.2 Å². The zero-order valence-corrected chi connectivity index (χ0v) is 8.72. The molecule has 1 aromatic rings. The lowest BCUT2D eigenvalue weighted by Gasteiger charge is -2.13.